The van der Waals surface area contributed by atoms with Crippen LogP contribution in [0.3, 0.4) is 0 Å². The number of halogens is 5. The topological polar surface area (TPSA) is 121 Å². The lowest BCUT2D eigenvalue weighted by Crippen LogP contribution is -2.57. The Morgan fingerprint density at radius 2 is 1.59 bits per heavy atom. The van der Waals surface area contributed by atoms with Crippen LogP contribution in [-0.4, -0.2) is 74.3 Å². The molecule has 0 aromatic carbocycles. The number of carbonyl (C=O) groups is 3. The maximum atomic E-state index is 13.3. The lowest BCUT2D eigenvalue weighted by Gasteiger charge is -2.25. The Labute approximate surface area is 182 Å². The molecule has 2 atom stereocenters. The van der Waals surface area contributed by atoms with Gasteiger partial charge in [-0.1, -0.05) is 6.92 Å². The van der Waals surface area contributed by atoms with Crippen molar-refractivity contribution in [3.8, 4) is 0 Å². The van der Waals surface area contributed by atoms with Gasteiger partial charge in [0, 0.05) is 6.04 Å². The molecule has 184 valence electrons. The SMILES string of the molecule is CC[C@H](NC(=O)[C@H](CS(=O)(=O)CC1CC1)NCC(F)(F)C(F)(F)F)C(=O)C(=O)NC1CC1. The van der Waals surface area contributed by atoms with Gasteiger partial charge in [-0.05, 0) is 38.0 Å². The van der Waals surface area contributed by atoms with Gasteiger partial charge in [0.05, 0.1) is 24.1 Å². The molecule has 2 fully saturated rings. The molecule has 2 amide bonds. The average Bonchev–Trinajstić information content (AvgIpc) is 3.58. The Hall–Kier alpha value is -1.83. The second-order valence-corrected chi connectivity index (χ2v) is 10.4. The predicted octanol–water partition coefficient (Wildman–Crippen LogP) is 0.710. The van der Waals surface area contributed by atoms with Crippen molar-refractivity contribution in [1.29, 1.82) is 0 Å². The average molecular weight is 491 g/mol. The van der Waals surface area contributed by atoms with Gasteiger partial charge in [-0.15, -0.1) is 0 Å². The number of Topliss-reactive ketones (excluding diaryl/α,β-unsaturated/α-hetero) is 1. The van der Waals surface area contributed by atoms with E-state index in [0.29, 0.717) is 25.7 Å². The zero-order valence-corrected chi connectivity index (χ0v) is 18.1. The van der Waals surface area contributed by atoms with E-state index in [0.717, 1.165) is 0 Å². The van der Waals surface area contributed by atoms with Crippen LogP contribution in [-0.2, 0) is 24.2 Å². The minimum absolute atomic E-state index is 0.0804. The van der Waals surface area contributed by atoms with Crippen molar-refractivity contribution in [1.82, 2.24) is 16.0 Å². The summed E-state index contributed by atoms with van der Waals surface area (Å²) in [6.07, 6.45) is -3.32. The number of amides is 2. The van der Waals surface area contributed by atoms with Crippen LogP contribution in [0.4, 0.5) is 22.0 Å². The normalized spacial score (nSPS) is 19.2. The quantitative estimate of drug-likeness (QED) is 0.258. The highest BCUT2D eigenvalue weighted by molar-refractivity contribution is 7.91. The van der Waals surface area contributed by atoms with Gasteiger partial charge in [0.25, 0.3) is 5.91 Å². The zero-order chi connectivity index (χ0) is 24.3. The van der Waals surface area contributed by atoms with Gasteiger partial charge in [-0.3, -0.25) is 19.7 Å². The van der Waals surface area contributed by atoms with Crippen molar-refractivity contribution in [3.63, 3.8) is 0 Å². The molecule has 0 aromatic rings. The van der Waals surface area contributed by atoms with Crippen molar-refractivity contribution >= 4 is 27.4 Å². The lowest BCUT2D eigenvalue weighted by molar-refractivity contribution is -0.279. The van der Waals surface area contributed by atoms with Crippen molar-refractivity contribution in [3.05, 3.63) is 0 Å². The minimum Gasteiger partial charge on any atom is -0.347 e. The summed E-state index contributed by atoms with van der Waals surface area (Å²) < 4.78 is 88.6. The summed E-state index contributed by atoms with van der Waals surface area (Å²) in [6, 6.07) is -3.51. The van der Waals surface area contributed by atoms with Crippen LogP contribution in [0, 0.1) is 5.92 Å². The third-order valence-corrected chi connectivity index (χ3v) is 6.91. The minimum atomic E-state index is -5.91. The molecule has 2 aliphatic rings. The highest BCUT2D eigenvalue weighted by Gasteiger charge is 2.57. The van der Waals surface area contributed by atoms with Gasteiger partial charge in [0.2, 0.25) is 11.7 Å². The molecule has 2 aliphatic carbocycles. The number of sulfone groups is 1. The van der Waals surface area contributed by atoms with Crippen LogP contribution in [0.15, 0.2) is 0 Å². The molecule has 32 heavy (non-hydrogen) atoms. The van der Waals surface area contributed by atoms with Gasteiger partial charge >= 0.3 is 12.1 Å². The summed E-state index contributed by atoms with van der Waals surface area (Å²) in [4.78, 5) is 36.7. The van der Waals surface area contributed by atoms with Gasteiger partial charge in [-0.25, -0.2) is 8.42 Å². The Bertz CT molecular complexity index is 825. The maximum absolute atomic E-state index is 13.3. The second kappa shape index (κ2) is 9.98. The summed E-state index contributed by atoms with van der Waals surface area (Å²) in [5, 5.41) is 6.21. The summed E-state index contributed by atoms with van der Waals surface area (Å²) in [6.45, 7) is -0.586. The largest absolute Gasteiger partial charge is 0.454 e. The smallest absolute Gasteiger partial charge is 0.347 e. The molecule has 14 heteroatoms. The number of hydrogen-bond donors (Lipinski definition) is 3. The third kappa shape index (κ3) is 7.94. The molecule has 0 radical (unpaired) electrons. The van der Waals surface area contributed by atoms with Crippen molar-refractivity contribution in [2.75, 3.05) is 18.1 Å². The summed E-state index contributed by atoms with van der Waals surface area (Å²) in [5.74, 6) is -9.95. The molecule has 0 bridgehead atoms. The molecule has 0 aromatic heterocycles. The molecule has 3 N–H and O–H groups in total. The maximum Gasteiger partial charge on any atom is 0.454 e. The Kier molecular flexibility index (Phi) is 8.24. The number of ketones is 1. The fourth-order valence-corrected chi connectivity index (χ4v) is 4.78. The summed E-state index contributed by atoms with van der Waals surface area (Å²) in [5.41, 5.74) is 0. The first-order valence-corrected chi connectivity index (χ1v) is 12.0. The fourth-order valence-electron chi connectivity index (χ4n) is 2.81. The van der Waals surface area contributed by atoms with Crippen LogP contribution in [0.2, 0.25) is 0 Å². The van der Waals surface area contributed by atoms with Gasteiger partial charge in [0.15, 0.2) is 9.84 Å². The van der Waals surface area contributed by atoms with E-state index in [9.17, 15) is 44.8 Å². The molecular formula is C18H26F5N3O5S. The first-order chi connectivity index (χ1) is 14.6. The first-order valence-electron chi connectivity index (χ1n) is 10.2. The number of hydrogen-bond acceptors (Lipinski definition) is 6. The molecule has 0 spiro atoms. The van der Waals surface area contributed by atoms with Gasteiger partial charge in [0.1, 0.15) is 6.04 Å². The first kappa shape index (κ1) is 26.4. The molecule has 2 saturated carbocycles. The lowest BCUT2D eigenvalue weighted by atomic mass is 10.1. The van der Waals surface area contributed by atoms with Crippen LogP contribution < -0.4 is 16.0 Å². The van der Waals surface area contributed by atoms with Crippen LogP contribution in [0.1, 0.15) is 39.0 Å². The highest BCUT2D eigenvalue weighted by atomic mass is 32.2. The molecular weight excluding hydrogens is 465 g/mol. The van der Waals surface area contributed by atoms with Crippen molar-refractivity contribution < 1.29 is 44.8 Å². The Morgan fingerprint density at radius 3 is 2.06 bits per heavy atom. The molecule has 2 rings (SSSR count). The molecule has 0 saturated heterocycles. The van der Waals surface area contributed by atoms with Crippen molar-refractivity contribution in [2.24, 2.45) is 5.92 Å². The summed E-state index contributed by atoms with van der Waals surface area (Å²) in [7, 11) is -3.97. The second-order valence-electron chi connectivity index (χ2n) is 8.24. The van der Waals surface area contributed by atoms with E-state index in [1.807, 2.05) is 0 Å². The molecule has 8 nitrogen and oxygen atoms in total. The van der Waals surface area contributed by atoms with Crippen LogP contribution in [0.25, 0.3) is 0 Å². The van der Waals surface area contributed by atoms with E-state index < -0.39 is 63.9 Å². The third-order valence-electron chi connectivity index (χ3n) is 5.09. The number of carbonyl (C=O) groups excluding carboxylic acids is 3. The predicted molar refractivity (Wildman–Crippen MR) is 103 cm³/mol. The Balaban J connectivity index is 2.09. The van der Waals surface area contributed by atoms with Crippen LogP contribution >= 0.6 is 0 Å². The standard InChI is InChI=1S/C18H26F5N3O5S/c1-2-12(14(27)16(29)25-11-5-6-11)26-15(28)13(8-32(30,31)7-10-3-4-10)24-9-17(19,20)18(21,22)23/h10-13,24H,2-9H2,1H3,(H,25,29)(H,26,28)/t12-,13-/m0/s1. The van der Waals surface area contributed by atoms with E-state index in [-0.39, 0.29) is 24.1 Å². The molecule has 0 heterocycles. The number of rotatable bonds is 13. The van der Waals surface area contributed by atoms with E-state index in [4.69, 9.17) is 0 Å². The van der Waals surface area contributed by atoms with Gasteiger partial charge in [-0.2, -0.15) is 22.0 Å². The van der Waals surface area contributed by atoms with E-state index >= 15 is 0 Å². The fraction of sp³-hybridized carbons (Fsp3) is 0.833. The van der Waals surface area contributed by atoms with E-state index in [1.165, 1.54) is 6.92 Å². The van der Waals surface area contributed by atoms with E-state index in [1.54, 1.807) is 5.32 Å². The monoisotopic (exact) mass is 491 g/mol. The number of alkyl halides is 5. The van der Waals surface area contributed by atoms with E-state index in [2.05, 4.69) is 10.6 Å². The summed E-state index contributed by atoms with van der Waals surface area (Å²) >= 11 is 0. The highest BCUT2D eigenvalue weighted by Crippen LogP contribution is 2.35. The van der Waals surface area contributed by atoms with Crippen LogP contribution in [0.5, 0.6) is 0 Å². The molecule has 0 aliphatic heterocycles. The van der Waals surface area contributed by atoms with Crippen molar-refractivity contribution in [2.45, 2.75) is 69.3 Å². The number of nitrogens with one attached hydrogen (secondary N) is 3. The zero-order valence-electron chi connectivity index (χ0n) is 17.3. The van der Waals surface area contributed by atoms with Gasteiger partial charge < -0.3 is 10.6 Å². The molecule has 0 unspecified atom stereocenters. The Morgan fingerprint density at radius 1 is 1.00 bits per heavy atom.